The average molecular weight is 570 g/mol. The lowest BCUT2D eigenvalue weighted by atomic mass is 9.99. The topological polar surface area (TPSA) is 136 Å². The summed E-state index contributed by atoms with van der Waals surface area (Å²) in [6.45, 7) is 12.8. The Balaban J connectivity index is 2.21. The van der Waals surface area contributed by atoms with Crippen LogP contribution >= 0.6 is 7.37 Å². The van der Waals surface area contributed by atoms with E-state index in [2.05, 4.69) is 4.98 Å². The minimum Gasteiger partial charge on any atom is -0.480 e. The second-order valence-electron chi connectivity index (χ2n) is 11.8. The molecule has 2 unspecified atom stereocenters. The number of carbonyl (C=O) groups is 3. The zero-order chi connectivity index (χ0) is 29.5. The monoisotopic (exact) mass is 569 g/mol. The third-order valence-electron chi connectivity index (χ3n) is 6.15. The molecule has 220 valence electrons. The van der Waals surface area contributed by atoms with Crippen LogP contribution in [0.3, 0.4) is 0 Å². The predicted molar refractivity (Wildman–Crippen MR) is 147 cm³/mol. The fourth-order valence-corrected chi connectivity index (χ4v) is 7.42. The van der Waals surface area contributed by atoms with Crippen LogP contribution in [0.25, 0.3) is 0 Å². The van der Waals surface area contributed by atoms with Crippen molar-refractivity contribution >= 4 is 25.5 Å². The number of ether oxygens (including phenoxy) is 2. The van der Waals surface area contributed by atoms with Crippen molar-refractivity contribution in [3.8, 4) is 0 Å². The van der Waals surface area contributed by atoms with Crippen LogP contribution < -0.4 is 0 Å². The Morgan fingerprint density at radius 1 is 1.08 bits per heavy atom. The normalized spacial score (nSPS) is 22.2. The number of aliphatic carboxylic acids is 1. The maximum Gasteiger partial charge on any atom is 0.419 e. The molecular formula is C27H44N3O8P. The molecule has 1 aliphatic heterocycles. The molecule has 0 bridgehead atoms. The highest BCUT2D eigenvalue weighted by Gasteiger charge is 2.58. The van der Waals surface area contributed by atoms with Gasteiger partial charge in [-0.15, -0.1) is 0 Å². The highest BCUT2D eigenvalue weighted by molar-refractivity contribution is 7.62. The molecule has 1 fully saturated rings. The van der Waals surface area contributed by atoms with Crippen molar-refractivity contribution < 1.29 is 38.1 Å². The van der Waals surface area contributed by atoms with Gasteiger partial charge in [0.15, 0.2) is 5.16 Å². The van der Waals surface area contributed by atoms with Crippen LogP contribution in [0.5, 0.6) is 0 Å². The van der Waals surface area contributed by atoms with E-state index in [4.69, 9.17) is 14.0 Å². The molecule has 0 aliphatic carbocycles. The van der Waals surface area contributed by atoms with E-state index >= 15 is 0 Å². The average Bonchev–Trinajstić information content (AvgIpc) is 2.79. The highest BCUT2D eigenvalue weighted by Crippen LogP contribution is 2.63. The lowest BCUT2D eigenvalue weighted by molar-refractivity contribution is -0.141. The Morgan fingerprint density at radius 3 is 2.18 bits per heavy atom. The number of carbonyl (C=O) groups excluding carboxylic acids is 2. The summed E-state index contributed by atoms with van der Waals surface area (Å²) in [6, 6.07) is 5.53. The summed E-state index contributed by atoms with van der Waals surface area (Å²) in [7, 11) is -3.57. The number of hydrogen-bond acceptors (Lipinski definition) is 9. The molecule has 1 aliphatic rings. The second kappa shape index (κ2) is 13.2. The highest BCUT2D eigenvalue weighted by atomic mass is 31.2. The maximum absolute atomic E-state index is 14.0. The lowest BCUT2D eigenvalue weighted by Crippen LogP contribution is -2.54. The van der Waals surface area contributed by atoms with Crippen molar-refractivity contribution in [3.05, 3.63) is 30.1 Å². The molecule has 1 aromatic heterocycles. The van der Waals surface area contributed by atoms with Gasteiger partial charge < -0.3 is 19.1 Å². The molecule has 1 saturated heterocycles. The van der Waals surface area contributed by atoms with Crippen LogP contribution in [0.2, 0.25) is 0 Å². The van der Waals surface area contributed by atoms with Gasteiger partial charge in [0.1, 0.15) is 11.2 Å². The molecule has 2 atom stereocenters. The van der Waals surface area contributed by atoms with Crippen molar-refractivity contribution in [3.63, 3.8) is 0 Å². The van der Waals surface area contributed by atoms with Gasteiger partial charge in [-0.2, -0.15) is 0 Å². The Kier molecular flexibility index (Phi) is 11.1. The zero-order valence-corrected chi connectivity index (χ0v) is 25.2. The molecule has 2 rings (SSSR count). The Morgan fingerprint density at radius 2 is 1.69 bits per heavy atom. The van der Waals surface area contributed by atoms with Gasteiger partial charge in [0.25, 0.3) is 0 Å². The van der Waals surface area contributed by atoms with Crippen LogP contribution in [-0.4, -0.2) is 86.8 Å². The van der Waals surface area contributed by atoms with Gasteiger partial charge in [-0.1, -0.05) is 6.07 Å². The number of unbranched alkanes of at least 4 members (excludes halogenated alkanes) is 1. The fraction of sp³-hybridized carbons (Fsp3) is 0.704. The van der Waals surface area contributed by atoms with Crippen LogP contribution in [0, 0.1) is 0 Å². The lowest BCUT2D eigenvalue weighted by Gasteiger charge is -2.44. The van der Waals surface area contributed by atoms with Gasteiger partial charge in [-0.3, -0.25) is 19.2 Å². The first-order chi connectivity index (χ1) is 18.0. The maximum atomic E-state index is 14.0. The van der Waals surface area contributed by atoms with E-state index in [-0.39, 0.29) is 45.1 Å². The van der Waals surface area contributed by atoms with E-state index in [1.165, 1.54) is 0 Å². The van der Waals surface area contributed by atoms with Gasteiger partial charge in [-0.25, -0.2) is 14.5 Å². The molecule has 1 N–H and O–H groups in total. The molecule has 0 aromatic carbocycles. The summed E-state index contributed by atoms with van der Waals surface area (Å²) in [6.07, 6.45) is 0.697. The molecule has 1 aromatic rings. The summed E-state index contributed by atoms with van der Waals surface area (Å²) in [5.41, 5.74) is -0.863. The third-order valence-corrected chi connectivity index (χ3v) is 9.47. The third kappa shape index (κ3) is 9.29. The second-order valence-corrected chi connectivity index (χ2v) is 14.7. The van der Waals surface area contributed by atoms with Crippen LogP contribution in [0.15, 0.2) is 24.4 Å². The first-order valence-corrected chi connectivity index (χ1v) is 15.2. The molecule has 0 saturated carbocycles. The molecule has 2 heterocycles. The first kappa shape index (κ1) is 32.7. The van der Waals surface area contributed by atoms with Gasteiger partial charge >= 0.3 is 18.2 Å². The first-order valence-electron chi connectivity index (χ1n) is 13.3. The number of amides is 2. The zero-order valence-electron chi connectivity index (χ0n) is 24.3. The number of aromatic nitrogens is 1. The van der Waals surface area contributed by atoms with Crippen LogP contribution in [-0.2, 0) is 29.9 Å². The smallest absolute Gasteiger partial charge is 0.419 e. The van der Waals surface area contributed by atoms with Gasteiger partial charge in [0.2, 0.25) is 7.37 Å². The van der Waals surface area contributed by atoms with Gasteiger partial charge in [0, 0.05) is 38.5 Å². The van der Waals surface area contributed by atoms with E-state index in [1.54, 1.807) is 54.7 Å². The minimum absolute atomic E-state index is 0.0397. The number of carboxylic acids is 1. The predicted octanol–water partition coefficient (Wildman–Crippen LogP) is 5.38. The number of carboxylic acid groups (broad SMARTS) is 1. The van der Waals surface area contributed by atoms with Crippen LogP contribution in [0.4, 0.5) is 9.59 Å². The Labute approximate surface area is 231 Å². The largest absolute Gasteiger partial charge is 0.480 e. The quantitative estimate of drug-likeness (QED) is 0.289. The fourth-order valence-electron chi connectivity index (χ4n) is 4.44. The van der Waals surface area contributed by atoms with Crippen LogP contribution in [0.1, 0.15) is 73.4 Å². The molecule has 0 spiro atoms. The number of rotatable bonds is 10. The van der Waals surface area contributed by atoms with Crippen molar-refractivity contribution in [2.45, 2.75) is 90.6 Å². The summed E-state index contributed by atoms with van der Waals surface area (Å²) >= 11 is 0. The Hall–Kier alpha value is -2.49. The van der Waals surface area contributed by atoms with E-state index in [9.17, 15) is 24.1 Å². The molecule has 0 radical (unpaired) electrons. The van der Waals surface area contributed by atoms with Crippen molar-refractivity contribution in [2.75, 3.05) is 32.4 Å². The van der Waals surface area contributed by atoms with E-state index < -0.39 is 41.9 Å². The number of imide groups is 1. The Bertz CT molecular complexity index is 1010. The van der Waals surface area contributed by atoms with Gasteiger partial charge in [0.05, 0.1) is 12.3 Å². The summed E-state index contributed by atoms with van der Waals surface area (Å²) in [5.74, 6) is -1.18. The molecule has 11 nitrogen and oxygen atoms in total. The van der Waals surface area contributed by atoms with E-state index in [0.29, 0.717) is 13.1 Å². The van der Waals surface area contributed by atoms with Crippen molar-refractivity contribution in [1.29, 1.82) is 0 Å². The molecule has 39 heavy (non-hydrogen) atoms. The molecule has 12 heteroatoms. The van der Waals surface area contributed by atoms with Crippen molar-refractivity contribution in [1.82, 2.24) is 14.8 Å². The standard InChI is InChI=1S/C27H44N3O8P/c1-8-36-39(35)18-17-29(19-21-13-9-11-15-28-21)20-27(39,22(31)32)14-10-12-16-30(23(33)37-25(2,3)4)24(34)38-26(5,6)7/h9,11,13,15H,8,10,12,14,16-20H2,1-7H3,(H,31,32). The van der Waals surface area contributed by atoms with Crippen molar-refractivity contribution in [2.24, 2.45) is 0 Å². The molecular weight excluding hydrogens is 525 g/mol. The summed E-state index contributed by atoms with van der Waals surface area (Å²) in [5, 5.41) is 8.80. The van der Waals surface area contributed by atoms with E-state index in [1.807, 2.05) is 23.1 Å². The number of pyridine rings is 1. The SMILES string of the molecule is CCOP1(=O)CCN(Cc2ccccn2)CC1(CCCCN(C(=O)OC(C)(C)C)C(=O)OC(C)(C)C)C(=O)O. The summed E-state index contributed by atoms with van der Waals surface area (Å²) < 4.78 is 30.4. The summed E-state index contributed by atoms with van der Waals surface area (Å²) in [4.78, 5) is 45.5. The number of hydrogen-bond donors (Lipinski definition) is 1. The van der Waals surface area contributed by atoms with E-state index in [0.717, 1.165) is 10.6 Å². The van der Waals surface area contributed by atoms with Gasteiger partial charge in [-0.05, 0) is 79.9 Å². The minimum atomic E-state index is -3.57. The molecule has 2 amide bonds. The number of nitrogens with zero attached hydrogens (tertiary/aromatic N) is 3.